The maximum absolute atomic E-state index is 14.6. The van der Waals surface area contributed by atoms with E-state index in [1.54, 1.807) is 0 Å². The molecule has 1 nitrogen and oxygen atoms in total. The topological polar surface area (TPSA) is 17.1 Å². The van der Waals surface area contributed by atoms with Gasteiger partial charge in [0.25, 0.3) is 0 Å². The third-order valence-corrected chi connectivity index (χ3v) is 5.21. The Bertz CT molecular complexity index is 987. The molecule has 0 aliphatic rings. The Balaban J connectivity index is 2.62. The fourth-order valence-corrected chi connectivity index (χ4v) is 3.22. The van der Waals surface area contributed by atoms with E-state index in [1.165, 1.54) is 0 Å². The number of hydrogen-bond donors (Lipinski definition) is 0. The average Bonchev–Trinajstić information content (AvgIpc) is 2.61. The van der Waals surface area contributed by atoms with E-state index in [4.69, 9.17) is 34.8 Å². The van der Waals surface area contributed by atoms with Crippen molar-refractivity contribution in [3.05, 3.63) is 73.7 Å². The highest BCUT2D eigenvalue weighted by Gasteiger charge is 2.41. The minimum Gasteiger partial charge on any atom is -0.294 e. The van der Waals surface area contributed by atoms with Crippen molar-refractivity contribution in [2.24, 2.45) is 0 Å². The molecular weight excluding hydrogens is 484 g/mol. The Morgan fingerprint density at radius 2 is 1.50 bits per heavy atom. The molecule has 0 radical (unpaired) electrons. The molecular formula is C19H10Cl3F7O. The highest BCUT2D eigenvalue weighted by atomic mass is 35.5. The molecule has 0 saturated heterocycles. The van der Waals surface area contributed by atoms with Crippen molar-refractivity contribution in [2.75, 3.05) is 0 Å². The summed E-state index contributed by atoms with van der Waals surface area (Å²) >= 11 is 17.2. The molecule has 0 aromatic heterocycles. The van der Waals surface area contributed by atoms with Crippen LogP contribution in [-0.4, -0.2) is 12.0 Å². The summed E-state index contributed by atoms with van der Waals surface area (Å²) < 4.78 is 94.7. The zero-order chi connectivity index (χ0) is 23.0. The summed E-state index contributed by atoms with van der Waals surface area (Å²) in [6.07, 6.45) is -9.94. The van der Waals surface area contributed by atoms with Crippen molar-refractivity contribution in [3.63, 3.8) is 0 Å². The Kier molecular flexibility index (Phi) is 7.16. The second-order valence-corrected chi connectivity index (χ2v) is 7.34. The Morgan fingerprint density at radius 1 is 0.967 bits per heavy atom. The first-order valence-corrected chi connectivity index (χ1v) is 9.07. The minimum absolute atomic E-state index is 0.0961. The van der Waals surface area contributed by atoms with Crippen LogP contribution in [0.25, 0.3) is 5.83 Å². The number of rotatable bonds is 4. The lowest BCUT2D eigenvalue weighted by atomic mass is 9.95. The van der Waals surface area contributed by atoms with Crippen LogP contribution in [0.15, 0.2) is 36.4 Å². The van der Waals surface area contributed by atoms with Crippen molar-refractivity contribution in [3.8, 4) is 0 Å². The van der Waals surface area contributed by atoms with Gasteiger partial charge in [0.15, 0.2) is 5.78 Å². The molecule has 0 N–H and O–H groups in total. The van der Waals surface area contributed by atoms with Gasteiger partial charge in [-0.15, -0.1) is 0 Å². The molecule has 162 valence electrons. The number of ketones is 1. The molecule has 0 heterocycles. The number of carbonyl (C=O) groups excluding carboxylic acids is 1. The molecule has 2 rings (SSSR count). The first kappa shape index (κ1) is 24.5. The molecule has 11 heteroatoms. The van der Waals surface area contributed by atoms with Gasteiger partial charge in [-0.25, -0.2) is 4.39 Å². The monoisotopic (exact) mass is 492 g/mol. The molecule has 0 amide bonds. The summed E-state index contributed by atoms with van der Waals surface area (Å²) in [6, 6.07) is 3.42. The van der Waals surface area contributed by atoms with Crippen molar-refractivity contribution in [1.82, 2.24) is 0 Å². The second-order valence-electron chi connectivity index (χ2n) is 6.15. The second kappa shape index (κ2) is 8.77. The van der Waals surface area contributed by atoms with Gasteiger partial charge >= 0.3 is 12.4 Å². The number of allylic oxidation sites excluding steroid dienone is 1. The van der Waals surface area contributed by atoms with Crippen LogP contribution in [0.2, 0.25) is 15.1 Å². The summed E-state index contributed by atoms with van der Waals surface area (Å²) in [5.74, 6) is -5.09. The van der Waals surface area contributed by atoms with Gasteiger partial charge in [-0.2, -0.15) is 26.3 Å². The van der Waals surface area contributed by atoms with E-state index in [2.05, 4.69) is 0 Å². The summed E-state index contributed by atoms with van der Waals surface area (Å²) in [6.45, 7) is 0.879. The summed E-state index contributed by atoms with van der Waals surface area (Å²) in [5, 5.41) is -0.832. The van der Waals surface area contributed by atoms with Crippen molar-refractivity contribution in [2.45, 2.75) is 25.2 Å². The largest absolute Gasteiger partial charge is 0.417 e. The van der Waals surface area contributed by atoms with Crippen LogP contribution in [0.4, 0.5) is 30.7 Å². The number of hydrogen-bond acceptors (Lipinski definition) is 1. The molecule has 0 aliphatic carbocycles. The SMILES string of the molecule is CC(=O)c1ccc(/C(F)=C/C(c2cc(Cl)c(Cl)c(Cl)c2)C(F)(F)F)cc1C(F)(F)F. The lowest BCUT2D eigenvalue weighted by Crippen LogP contribution is -2.19. The highest BCUT2D eigenvalue weighted by Crippen LogP contribution is 2.42. The number of alkyl halides is 6. The fourth-order valence-electron chi connectivity index (χ4n) is 2.61. The molecule has 0 bridgehead atoms. The van der Waals surface area contributed by atoms with E-state index in [-0.39, 0.29) is 27.2 Å². The number of Topliss-reactive ketones (excluding diaryl/α,β-unsaturated/α-hetero) is 1. The van der Waals surface area contributed by atoms with E-state index in [1.807, 2.05) is 0 Å². The lowest BCUT2D eigenvalue weighted by molar-refractivity contribution is -0.140. The quantitative estimate of drug-likeness (QED) is 0.237. The van der Waals surface area contributed by atoms with E-state index < -0.39 is 52.1 Å². The number of halogens is 10. The van der Waals surface area contributed by atoms with Crippen LogP contribution in [0.5, 0.6) is 0 Å². The maximum Gasteiger partial charge on any atom is 0.417 e. The Morgan fingerprint density at radius 3 is 1.93 bits per heavy atom. The molecule has 2 aromatic carbocycles. The van der Waals surface area contributed by atoms with Gasteiger partial charge in [0.1, 0.15) is 11.7 Å². The normalized spacial score (nSPS) is 14.0. The van der Waals surface area contributed by atoms with Crippen LogP contribution in [-0.2, 0) is 6.18 Å². The molecule has 0 saturated carbocycles. The summed E-state index contributed by atoms with van der Waals surface area (Å²) in [5.41, 5.74) is -3.54. The van der Waals surface area contributed by atoms with Gasteiger partial charge in [-0.05, 0) is 36.8 Å². The van der Waals surface area contributed by atoms with Gasteiger partial charge in [0, 0.05) is 11.1 Å². The highest BCUT2D eigenvalue weighted by molar-refractivity contribution is 6.48. The number of benzene rings is 2. The summed E-state index contributed by atoms with van der Waals surface area (Å²) in [4.78, 5) is 11.4. The van der Waals surface area contributed by atoms with Crippen LogP contribution < -0.4 is 0 Å². The lowest BCUT2D eigenvalue weighted by Gasteiger charge is -2.19. The minimum atomic E-state index is -5.02. The molecule has 1 atom stereocenters. The van der Waals surface area contributed by atoms with E-state index in [0.29, 0.717) is 6.07 Å². The fraction of sp³-hybridized carbons (Fsp3) is 0.211. The molecule has 0 fully saturated rings. The molecule has 1 unspecified atom stereocenters. The van der Waals surface area contributed by atoms with Gasteiger partial charge in [-0.1, -0.05) is 46.9 Å². The standard InChI is InChI=1S/C19H10Cl3F7O/c1-8(30)11-3-2-9(4-13(11)19(27,28)29)16(23)7-12(18(24,25)26)10-5-14(20)17(22)15(21)6-10/h2-7,12H,1H3/b16-7-. The van der Waals surface area contributed by atoms with Gasteiger partial charge in [0.05, 0.1) is 20.6 Å². The Labute approximate surface area is 181 Å². The first-order valence-electron chi connectivity index (χ1n) is 7.94. The first-order chi connectivity index (χ1) is 13.6. The zero-order valence-electron chi connectivity index (χ0n) is 14.7. The van der Waals surface area contributed by atoms with Crippen molar-refractivity contribution < 1.29 is 35.5 Å². The van der Waals surface area contributed by atoms with Gasteiger partial charge in [0.2, 0.25) is 0 Å². The average molecular weight is 494 g/mol. The number of carbonyl (C=O) groups is 1. The van der Waals surface area contributed by atoms with Crippen LogP contribution in [0.1, 0.15) is 39.9 Å². The van der Waals surface area contributed by atoms with Gasteiger partial charge < -0.3 is 0 Å². The maximum atomic E-state index is 14.6. The van der Waals surface area contributed by atoms with Gasteiger partial charge in [-0.3, -0.25) is 4.79 Å². The van der Waals surface area contributed by atoms with E-state index >= 15 is 0 Å². The molecule has 0 aliphatic heterocycles. The van der Waals surface area contributed by atoms with E-state index in [9.17, 15) is 35.5 Å². The Hall–Kier alpha value is -1.77. The van der Waals surface area contributed by atoms with Crippen LogP contribution in [0.3, 0.4) is 0 Å². The third-order valence-electron chi connectivity index (χ3n) is 4.01. The van der Waals surface area contributed by atoms with Crippen molar-refractivity contribution in [1.29, 1.82) is 0 Å². The predicted molar refractivity (Wildman–Crippen MR) is 101 cm³/mol. The third kappa shape index (κ3) is 5.47. The molecule has 30 heavy (non-hydrogen) atoms. The van der Waals surface area contributed by atoms with Crippen LogP contribution in [0, 0.1) is 0 Å². The predicted octanol–water partition coefficient (Wildman–Crippen LogP) is 8.52. The zero-order valence-corrected chi connectivity index (χ0v) is 17.0. The molecule has 2 aromatic rings. The summed E-state index contributed by atoms with van der Waals surface area (Å²) in [7, 11) is 0. The smallest absolute Gasteiger partial charge is 0.294 e. The van der Waals surface area contributed by atoms with Crippen molar-refractivity contribution >= 4 is 46.4 Å². The molecule has 0 spiro atoms. The van der Waals surface area contributed by atoms with Crippen LogP contribution >= 0.6 is 34.8 Å². The van der Waals surface area contributed by atoms with E-state index in [0.717, 1.165) is 25.1 Å².